The summed E-state index contributed by atoms with van der Waals surface area (Å²) >= 11 is 0.878. The minimum Gasteiger partial charge on any atom is -0.493 e. The molecule has 1 heterocycles. The third-order valence-electron chi connectivity index (χ3n) is 3.66. The molecule has 1 saturated heterocycles. The molecule has 0 radical (unpaired) electrons. The SMILES string of the molecule is C=CCc1cc(/C=C2\SC(=O)N(C)C2=O)cc(OC)c1OCC(=O)OCC. The fraction of sp³-hybridized carbons (Fsp3) is 0.316. The van der Waals surface area contributed by atoms with Gasteiger partial charge in [0.1, 0.15) is 0 Å². The van der Waals surface area contributed by atoms with Gasteiger partial charge in [-0.3, -0.25) is 14.5 Å². The summed E-state index contributed by atoms with van der Waals surface area (Å²) in [6.45, 7) is 5.47. The molecular formula is C19H21NO6S. The van der Waals surface area contributed by atoms with E-state index in [4.69, 9.17) is 14.2 Å². The van der Waals surface area contributed by atoms with Crippen LogP contribution >= 0.6 is 11.8 Å². The molecule has 1 aromatic rings. The van der Waals surface area contributed by atoms with E-state index in [1.54, 1.807) is 31.2 Å². The molecule has 0 spiro atoms. The Balaban J connectivity index is 2.37. The number of amides is 2. The van der Waals surface area contributed by atoms with Crippen LogP contribution in [0, 0.1) is 0 Å². The number of carbonyl (C=O) groups is 3. The maximum absolute atomic E-state index is 12.1. The normalized spacial score (nSPS) is 15.2. The van der Waals surface area contributed by atoms with Crippen LogP contribution in [0.15, 0.2) is 29.7 Å². The molecule has 0 saturated carbocycles. The van der Waals surface area contributed by atoms with Crippen molar-refractivity contribution in [2.24, 2.45) is 0 Å². The van der Waals surface area contributed by atoms with Crippen molar-refractivity contribution in [1.29, 1.82) is 0 Å². The fourth-order valence-electron chi connectivity index (χ4n) is 2.42. The first-order valence-corrected chi connectivity index (χ1v) is 9.04. The van der Waals surface area contributed by atoms with Crippen molar-refractivity contribution in [3.8, 4) is 11.5 Å². The van der Waals surface area contributed by atoms with Crippen LogP contribution in [0.2, 0.25) is 0 Å². The highest BCUT2D eigenvalue weighted by molar-refractivity contribution is 8.18. The van der Waals surface area contributed by atoms with E-state index in [9.17, 15) is 14.4 Å². The maximum Gasteiger partial charge on any atom is 0.344 e. The molecule has 27 heavy (non-hydrogen) atoms. The zero-order valence-electron chi connectivity index (χ0n) is 15.4. The van der Waals surface area contributed by atoms with E-state index < -0.39 is 5.97 Å². The predicted octanol–water partition coefficient (Wildman–Crippen LogP) is 3.03. The Labute approximate surface area is 161 Å². The van der Waals surface area contributed by atoms with Crippen LogP contribution < -0.4 is 9.47 Å². The maximum atomic E-state index is 12.1. The summed E-state index contributed by atoms with van der Waals surface area (Å²) in [5.41, 5.74) is 1.40. The number of ether oxygens (including phenoxy) is 3. The van der Waals surface area contributed by atoms with Gasteiger partial charge in [-0.25, -0.2) is 4.79 Å². The van der Waals surface area contributed by atoms with Crippen LogP contribution in [0.1, 0.15) is 18.1 Å². The Morgan fingerprint density at radius 3 is 2.63 bits per heavy atom. The summed E-state index contributed by atoms with van der Waals surface area (Å²) in [5, 5.41) is -0.320. The second kappa shape index (κ2) is 9.27. The van der Waals surface area contributed by atoms with Gasteiger partial charge in [-0.15, -0.1) is 6.58 Å². The second-order valence-electron chi connectivity index (χ2n) is 5.54. The van der Waals surface area contributed by atoms with Gasteiger partial charge in [0.2, 0.25) is 0 Å². The molecule has 1 fully saturated rings. The highest BCUT2D eigenvalue weighted by atomic mass is 32.2. The third-order valence-corrected chi connectivity index (χ3v) is 4.62. The van der Waals surface area contributed by atoms with E-state index in [1.807, 2.05) is 0 Å². The molecule has 0 aliphatic carbocycles. The van der Waals surface area contributed by atoms with Gasteiger partial charge in [-0.2, -0.15) is 0 Å². The molecule has 0 unspecified atom stereocenters. The Morgan fingerprint density at radius 1 is 1.33 bits per heavy atom. The van der Waals surface area contributed by atoms with Gasteiger partial charge in [0.15, 0.2) is 18.1 Å². The summed E-state index contributed by atoms with van der Waals surface area (Å²) in [7, 11) is 2.92. The number of likely N-dealkylation sites (N-methyl/N-ethyl adjacent to an activating group) is 1. The highest BCUT2D eigenvalue weighted by Crippen LogP contribution is 2.36. The average molecular weight is 391 g/mol. The first kappa shape index (κ1) is 20.6. The van der Waals surface area contributed by atoms with Crippen LogP contribution in [-0.2, 0) is 20.7 Å². The van der Waals surface area contributed by atoms with E-state index in [1.165, 1.54) is 14.2 Å². The monoisotopic (exact) mass is 391 g/mol. The summed E-state index contributed by atoms with van der Waals surface area (Å²) in [4.78, 5) is 36.7. The van der Waals surface area contributed by atoms with E-state index in [0.717, 1.165) is 22.2 Å². The summed E-state index contributed by atoms with van der Waals surface area (Å²) < 4.78 is 15.9. The standard InChI is InChI=1S/C19H21NO6S/c1-5-7-13-8-12(10-15-18(22)20(3)19(23)27-15)9-14(24-4)17(13)26-11-16(21)25-6-2/h5,8-10H,1,6-7,11H2,2-4H3/b15-10-. The molecule has 0 atom stereocenters. The summed E-state index contributed by atoms with van der Waals surface area (Å²) in [6.07, 6.45) is 3.78. The number of methoxy groups -OCH3 is 1. The lowest BCUT2D eigenvalue weighted by atomic mass is 10.0. The van der Waals surface area contributed by atoms with Crippen LogP contribution in [0.3, 0.4) is 0 Å². The van der Waals surface area contributed by atoms with Gasteiger partial charge in [0.05, 0.1) is 18.6 Å². The molecule has 0 bridgehead atoms. The molecular weight excluding hydrogens is 370 g/mol. The molecule has 7 nitrogen and oxygen atoms in total. The number of hydrogen-bond donors (Lipinski definition) is 0. The van der Waals surface area contributed by atoms with Crippen molar-refractivity contribution in [2.75, 3.05) is 27.4 Å². The van der Waals surface area contributed by atoms with E-state index >= 15 is 0 Å². The smallest absolute Gasteiger partial charge is 0.344 e. The first-order chi connectivity index (χ1) is 12.9. The number of carbonyl (C=O) groups excluding carboxylic acids is 3. The third kappa shape index (κ3) is 4.91. The predicted molar refractivity (Wildman–Crippen MR) is 103 cm³/mol. The van der Waals surface area contributed by atoms with E-state index in [0.29, 0.717) is 28.4 Å². The Hall–Kier alpha value is -2.74. The van der Waals surface area contributed by atoms with Crippen LogP contribution in [-0.4, -0.2) is 49.4 Å². The minimum atomic E-state index is -0.482. The molecule has 1 aliphatic heterocycles. The largest absolute Gasteiger partial charge is 0.493 e. The van der Waals surface area contributed by atoms with Gasteiger partial charge in [-0.1, -0.05) is 6.08 Å². The Bertz CT molecular complexity index is 802. The van der Waals surface area contributed by atoms with E-state index in [2.05, 4.69) is 6.58 Å². The molecule has 2 amide bonds. The number of nitrogens with zero attached hydrogens (tertiary/aromatic N) is 1. The molecule has 0 aromatic heterocycles. The topological polar surface area (TPSA) is 82.1 Å². The number of thioether (sulfide) groups is 1. The number of esters is 1. The Morgan fingerprint density at radius 2 is 2.07 bits per heavy atom. The van der Waals surface area contributed by atoms with Crippen molar-refractivity contribution in [1.82, 2.24) is 4.90 Å². The first-order valence-electron chi connectivity index (χ1n) is 8.23. The molecule has 2 rings (SSSR count). The van der Waals surface area contributed by atoms with E-state index in [-0.39, 0.29) is 24.4 Å². The highest BCUT2D eigenvalue weighted by Gasteiger charge is 2.31. The van der Waals surface area contributed by atoms with Crippen LogP contribution in [0.25, 0.3) is 6.08 Å². The summed E-state index contributed by atoms with van der Waals surface area (Å²) in [5.74, 6) is -0.0199. The Kier molecular flexibility index (Phi) is 7.06. The lowest BCUT2D eigenvalue weighted by Gasteiger charge is -2.15. The summed E-state index contributed by atoms with van der Waals surface area (Å²) in [6, 6.07) is 3.48. The van der Waals surface area contributed by atoms with Crippen LogP contribution in [0.5, 0.6) is 11.5 Å². The molecule has 144 valence electrons. The molecule has 1 aliphatic rings. The van der Waals surface area contributed by atoms with Gasteiger partial charge >= 0.3 is 5.97 Å². The minimum absolute atomic E-state index is 0.248. The number of imide groups is 1. The number of rotatable bonds is 8. The molecule has 8 heteroatoms. The van der Waals surface area contributed by atoms with Crippen molar-refractivity contribution in [3.63, 3.8) is 0 Å². The average Bonchev–Trinajstić information content (AvgIpc) is 2.87. The van der Waals surface area contributed by atoms with Crippen molar-refractivity contribution in [2.45, 2.75) is 13.3 Å². The van der Waals surface area contributed by atoms with Crippen molar-refractivity contribution < 1.29 is 28.6 Å². The van der Waals surface area contributed by atoms with Crippen LogP contribution in [0.4, 0.5) is 4.79 Å². The number of allylic oxidation sites excluding steroid dienone is 1. The lowest BCUT2D eigenvalue weighted by molar-refractivity contribution is -0.145. The zero-order chi connectivity index (χ0) is 20.0. The number of hydrogen-bond acceptors (Lipinski definition) is 7. The lowest BCUT2D eigenvalue weighted by Crippen LogP contribution is -2.22. The second-order valence-corrected chi connectivity index (χ2v) is 6.53. The van der Waals surface area contributed by atoms with Gasteiger partial charge in [0, 0.05) is 12.6 Å². The number of benzene rings is 1. The van der Waals surface area contributed by atoms with Gasteiger partial charge in [-0.05, 0) is 48.9 Å². The van der Waals surface area contributed by atoms with Crippen molar-refractivity contribution in [3.05, 3.63) is 40.8 Å². The fourth-order valence-corrected chi connectivity index (χ4v) is 3.25. The van der Waals surface area contributed by atoms with Gasteiger partial charge < -0.3 is 14.2 Å². The molecule has 1 aromatic carbocycles. The van der Waals surface area contributed by atoms with Crippen molar-refractivity contribution >= 4 is 35.0 Å². The quantitative estimate of drug-likeness (QED) is 0.383. The van der Waals surface area contributed by atoms with Gasteiger partial charge in [0.25, 0.3) is 11.1 Å². The zero-order valence-corrected chi connectivity index (χ0v) is 16.3. The molecule has 0 N–H and O–H groups in total.